The van der Waals surface area contributed by atoms with Crippen LogP contribution in [0.1, 0.15) is 18.4 Å². The van der Waals surface area contributed by atoms with E-state index in [0.29, 0.717) is 11.6 Å². The molecule has 0 radical (unpaired) electrons. The molecule has 0 heterocycles. The third-order valence-corrected chi connectivity index (χ3v) is 3.22. The molecule has 2 aromatic rings. The molecule has 110 valence electrons. The summed E-state index contributed by atoms with van der Waals surface area (Å²) in [6.45, 7) is 1.48. The Labute approximate surface area is 119 Å². The van der Waals surface area contributed by atoms with Crippen molar-refractivity contribution in [1.82, 2.24) is 5.48 Å². The van der Waals surface area contributed by atoms with Crippen molar-refractivity contribution in [1.29, 1.82) is 0 Å². The molecule has 6 heteroatoms. The first-order chi connectivity index (χ1) is 9.93. The molecule has 0 aliphatic carbocycles. The van der Waals surface area contributed by atoms with Crippen LogP contribution in [0, 0.1) is 17.5 Å². The summed E-state index contributed by atoms with van der Waals surface area (Å²) in [5.41, 5.74) is 1.70. The third-order valence-electron chi connectivity index (χ3n) is 3.22. The van der Waals surface area contributed by atoms with Crippen LogP contribution in [0.25, 0.3) is 11.1 Å². The van der Waals surface area contributed by atoms with Crippen LogP contribution >= 0.6 is 0 Å². The molecule has 0 saturated heterocycles. The monoisotopic (exact) mass is 295 g/mol. The van der Waals surface area contributed by atoms with Gasteiger partial charge in [-0.15, -0.1) is 0 Å². The first-order valence-electron chi connectivity index (χ1n) is 6.13. The van der Waals surface area contributed by atoms with E-state index in [-0.39, 0.29) is 11.1 Å². The fraction of sp³-hybridized carbons (Fsp3) is 0.133. The van der Waals surface area contributed by atoms with Crippen LogP contribution in [-0.2, 0) is 4.79 Å². The molecule has 1 amide bonds. The molecule has 0 saturated carbocycles. The molecule has 1 atom stereocenters. The zero-order valence-corrected chi connectivity index (χ0v) is 11.0. The molecule has 1 unspecified atom stereocenters. The van der Waals surface area contributed by atoms with Gasteiger partial charge >= 0.3 is 0 Å². The van der Waals surface area contributed by atoms with Crippen molar-refractivity contribution in [3.05, 3.63) is 59.4 Å². The molecule has 0 bridgehead atoms. The minimum Gasteiger partial charge on any atom is -0.289 e. The van der Waals surface area contributed by atoms with Gasteiger partial charge in [0, 0.05) is 17.2 Å². The Kier molecular flexibility index (Phi) is 4.28. The number of carbonyl (C=O) groups is 1. The first-order valence-corrected chi connectivity index (χ1v) is 6.13. The Morgan fingerprint density at radius 2 is 1.62 bits per heavy atom. The standard InChI is InChI=1S/C15H12F3NO2/c1-8(15(20)19-21)9-2-4-11(13(17)6-9)12-5-3-10(16)7-14(12)18/h2-8,21H,1H3,(H,19,20). The number of carbonyl (C=O) groups excluding carboxylic acids is 1. The Morgan fingerprint density at radius 3 is 2.14 bits per heavy atom. The fourth-order valence-corrected chi connectivity index (χ4v) is 1.98. The average molecular weight is 295 g/mol. The molecule has 0 spiro atoms. The molecule has 2 N–H and O–H groups in total. The van der Waals surface area contributed by atoms with Gasteiger partial charge in [-0.2, -0.15) is 0 Å². The summed E-state index contributed by atoms with van der Waals surface area (Å²) in [5, 5.41) is 8.55. The Hall–Kier alpha value is -2.34. The summed E-state index contributed by atoms with van der Waals surface area (Å²) in [6, 6.07) is 6.69. The average Bonchev–Trinajstić information content (AvgIpc) is 2.46. The van der Waals surface area contributed by atoms with Gasteiger partial charge in [-0.25, -0.2) is 18.7 Å². The maximum Gasteiger partial charge on any atom is 0.250 e. The second kappa shape index (κ2) is 5.97. The van der Waals surface area contributed by atoms with E-state index in [2.05, 4.69) is 0 Å². The Balaban J connectivity index is 2.42. The van der Waals surface area contributed by atoms with E-state index in [1.165, 1.54) is 24.5 Å². The van der Waals surface area contributed by atoms with Gasteiger partial charge in [0.25, 0.3) is 5.91 Å². The zero-order chi connectivity index (χ0) is 15.6. The third kappa shape index (κ3) is 3.05. The molecular formula is C15H12F3NO2. The number of nitrogens with one attached hydrogen (secondary N) is 1. The van der Waals surface area contributed by atoms with E-state index in [1.807, 2.05) is 0 Å². The van der Waals surface area contributed by atoms with Gasteiger partial charge < -0.3 is 0 Å². The highest BCUT2D eigenvalue weighted by Gasteiger charge is 2.17. The van der Waals surface area contributed by atoms with Gasteiger partial charge in [-0.1, -0.05) is 12.1 Å². The fourth-order valence-electron chi connectivity index (χ4n) is 1.98. The highest BCUT2D eigenvalue weighted by molar-refractivity contribution is 5.82. The molecule has 3 nitrogen and oxygen atoms in total. The molecule has 0 aliphatic rings. The van der Waals surface area contributed by atoms with Crippen LogP contribution in [0.15, 0.2) is 36.4 Å². The summed E-state index contributed by atoms with van der Waals surface area (Å²) in [4.78, 5) is 11.3. The SMILES string of the molecule is CC(C(=O)NO)c1ccc(-c2ccc(F)cc2F)c(F)c1. The van der Waals surface area contributed by atoms with Gasteiger partial charge in [0.15, 0.2) is 0 Å². The van der Waals surface area contributed by atoms with Crippen molar-refractivity contribution in [2.75, 3.05) is 0 Å². The molecule has 0 aromatic heterocycles. The minimum atomic E-state index is -0.872. The van der Waals surface area contributed by atoms with Crippen LogP contribution in [0.2, 0.25) is 0 Å². The van der Waals surface area contributed by atoms with Crippen LogP contribution < -0.4 is 5.48 Å². The zero-order valence-electron chi connectivity index (χ0n) is 11.0. The second-order valence-corrected chi connectivity index (χ2v) is 4.56. The number of hydroxylamine groups is 1. The summed E-state index contributed by atoms with van der Waals surface area (Å²) < 4.78 is 40.6. The molecule has 0 fully saturated rings. The summed E-state index contributed by atoms with van der Waals surface area (Å²) in [7, 11) is 0. The van der Waals surface area contributed by atoms with Crippen LogP contribution in [-0.4, -0.2) is 11.1 Å². The van der Waals surface area contributed by atoms with Gasteiger partial charge in [0.05, 0.1) is 5.92 Å². The van der Waals surface area contributed by atoms with E-state index < -0.39 is 29.3 Å². The minimum absolute atomic E-state index is 0.0344. The van der Waals surface area contributed by atoms with E-state index in [0.717, 1.165) is 18.2 Å². The summed E-state index contributed by atoms with van der Waals surface area (Å²) in [6.07, 6.45) is 0. The van der Waals surface area contributed by atoms with Gasteiger partial charge in [0.1, 0.15) is 17.5 Å². The van der Waals surface area contributed by atoms with Crippen LogP contribution in [0.5, 0.6) is 0 Å². The van der Waals surface area contributed by atoms with E-state index in [1.54, 1.807) is 0 Å². The van der Waals surface area contributed by atoms with E-state index >= 15 is 0 Å². The smallest absolute Gasteiger partial charge is 0.250 e. The summed E-state index contributed by atoms with van der Waals surface area (Å²) in [5.74, 6) is -3.81. The lowest BCUT2D eigenvalue weighted by Crippen LogP contribution is -2.24. The van der Waals surface area contributed by atoms with Gasteiger partial charge in [0.2, 0.25) is 0 Å². The quantitative estimate of drug-likeness (QED) is 0.673. The van der Waals surface area contributed by atoms with E-state index in [4.69, 9.17) is 5.21 Å². The highest BCUT2D eigenvalue weighted by atomic mass is 19.1. The first kappa shape index (κ1) is 15.1. The van der Waals surface area contributed by atoms with Crippen molar-refractivity contribution in [2.24, 2.45) is 0 Å². The number of benzene rings is 2. The Bertz CT molecular complexity index is 689. The van der Waals surface area contributed by atoms with Gasteiger partial charge in [-0.3, -0.25) is 10.0 Å². The van der Waals surface area contributed by atoms with Crippen molar-refractivity contribution in [3.63, 3.8) is 0 Å². The molecule has 0 aliphatic heterocycles. The predicted octanol–water partition coefficient (Wildman–Crippen LogP) is 3.38. The van der Waals surface area contributed by atoms with Crippen molar-refractivity contribution in [3.8, 4) is 11.1 Å². The number of halogens is 3. The van der Waals surface area contributed by atoms with Gasteiger partial charge in [-0.05, 0) is 30.7 Å². The number of hydrogen-bond acceptors (Lipinski definition) is 2. The highest BCUT2D eigenvalue weighted by Crippen LogP contribution is 2.28. The van der Waals surface area contributed by atoms with Crippen LogP contribution in [0.3, 0.4) is 0 Å². The lowest BCUT2D eigenvalue weighted by Gasteiger charge is -2.12. The van der Waals surface area contributed by atoms with E-state index in [9.17, 15) is 18.0 Å². The topological polar surface area (TPSA) is 49.3 Å². The van der Waals surface area contributed by atoms with Crippen molar-refractivity contribution in [2.45, 2.75) is 12.8 Å². The van der Waals surface area contributed by atoms with Crippen LogP contribution in [0.4, 0.5) is 13.2 Å². The number of hydrogen-bond donors (Lipinski definition) is 2. The maximum absolute atomic E-state index is 14.1. The molecule has 2 aromatic carbocycles. The normalized spacial score (nSPS) is 12.0. The molecular weight excluding hydrogens is 283 g/mol. The van der Waals surface area contributed by atoms with Crippen molar-refractivity contribution >= 4 is 5.91 Å². The molecule has 2 rings (SSSR count). The maximum atomic E-state index is 14.1. The predicted molar refractivity (Wildman–Crippen MR) is 70.1 cm³/mol. The largest absolute Gasteiger partial charge is 0.289 e. The van der Waals surface area contributed by atoms with Crippen molar-refractivity contribution < 1.29 is 23.2 Å². The second-order valence-electron chi connectivity index (χ2n) is 4.56. The summed E-state index contributed by atoms with van der Waals surface area (Å²) >= 11 is 0. The lowest BCUT2D eigenvalue weighted by atomic mass is 9.96. The number of rotatable bonds is 3. The molecule has 21 heavy (non-hydrogen) atoms. The lowest BCUT2D eigenvalue weighted by molar-refractivity contribution is -0.130. The number of amides is 1. The Morgan fingerprint density at radius 1 is 1.05 bits per heavy atom.